The van der Waals surface area contributed by atoms with Crippen molar-refractivity contribution in [2.45, 2.75) is 11.3 Å². The molecule has 4 rings (SSSR count). The van der Waals surface area contributed by atoms with Crippen LogP contribution in [0.15, 0.2) is 105 Å². The molecule has 0 fully saturated rings. The van der Waals surface area contributed by atoms with Gasteiger partial charge in [-0.15, -0.1) is 0 Å². The largest absolute Gasteiger partial charge is 0.493 e. The summed E-state index contributed by atoms with van der Waals surface area (Å²) in [4.78, 5) is 28.9. The molecule has 0 aromatic heterocycles. The standard InChI is InChI=1S/C31H27BrN2O7S/c1-40-28-15-13-25(18-29(28)41-2)42(38,39)34-27-14-12-24(32)17-26(27)30(35)33-19-23(31(36)37)16-20-8-10-22(11-9-20)21-6-4-3-5-7-21/h3-15,17-19,23,34H,16H2,1-2H3,(H,36,37). The first-order chi connectivity index (χ1) is 20.1. The van der Waals surface area contributed by atoms with E-state index >= 15 is 0 Å². The van der Waals surface area contributed by atoms with E-state index in [0.717, 1.165) is 22.9 Å². The van der Waals surface area contributed by atoms with E-state index in [9.17, 15) is 23.1 Å². The van der Waals surface area contributed by atoms with E-state index in [0.29, 0.717) is 10.2 Å². The number of rotatable bonds is 11. The van der Waals surface area contributed by atoms with Gasteiger partial charge in [0.15, 0.2) is 11.5 Å². The lowest BCUT2D eigenvalue weighted by Crippen LogP contribution is -2.19. The summed E-state index contributed by atoms with van der Waals surface area (Å²) in [5.41, 5.74) is 2.69. The molecule has 11 heteroatoms. The van der Waals surface area contributed by atoms with Gasteiger partial charge < -0.3 is 14.6 Å². The van der Waals surface area contributed by atoms with Crippen molar-refractivity contribution >= 4 is 49.7 Å². The maximum Gasteiger partial charge on any atom is 0.312 e. The summed E-state index contributed by atoms with van der Waals surface area (Å²) < 4.78 is 39.6. The monoisotopic (exact) mass is 650 g/mol. The quantitative estimate of drug-likeness (QED) is 0.188. The Hall–Kier alpha value is -4.48. The second-order valence-electron chi connectivity index (χ2n) is 9.11. The molecular weight excluding hydrogens is 624 g/mol. The Morgan fingerprint density at radius 1 is 0.905 bits per heavy atom. The third kappa shape index (κ3) is 7.42. The molecule has 9 nitrogen and oxygen atoms in total. The van der Waals surface area contributed by atoms with E-state index in [1.54, 1.807) is 6.07 Å². The van der Waals surface area contributed by atoms with Crippen LogP contribution in [0, 0.1) is 5.92 Å². The second kappa shape index (κ2) is 13.5. The number of carbonyl (C=O) groups excluding carboxylic acids is 1. The highest BCUT2D eigenvalue weighted by molar-refractivity contribution is 9.10. The molecule has 0 heterocycles. The van der Waals surface area contributed by atoms with Gasteiger partial charge in [0.1, 0.15) is 0 Å². The zero-order valence-electron chi connectivity index (χ0n) is 22.7. The Morgan fingerprint density at radius 2 is 1.57 bits per heavy atom. The number of sulfonamides is 1. The molecule has 216 valence electrons. The Morgan fingerprint density at radius 3 is 2.21 bits per heavy atom. The molecule has 4 aromatic carbocycles. The average Bonchev–Trinajstić information content (AvgIpc) is 3.00. The van der Waals surface area contributed by atoms with Crippen molar-refractivity contribution < 1.29 is 32.6 Å². The van der Waals surface area contributed by atoms with Crippen molar-refractivity contribution in [3.63, 3.8) is 0 Å². The topological polar surface area (TPSA) is 131 Å². The van der Waals surface area contributed by atoms with E-state index in [1.807, 2.05) is 54.6 Å². The lowest BCUT2D eigenvalue weighted by Gasteiger charge is -2.13. The number of anilines is 1. The number of carboxylic acid groups (broad SMARTS) is 1. The fourth-order valence-corrected chi connectivity index (χ4v) is 5.57. The van der Waals surface area contributed by atoms with Gasteiger partial charge >= 0.3 is 5.97 Å². The highest BCUT2D eigenvalue weighted by Crippen LogP contribution is 2.31. The summed E-state index contributed by atoms with van der Waals surface area (Å²) in [5, 5.41) is 9.79. The number of aliphatic imine (C=N–C) groups is 1. The number of nitrogens with one attached hydrogen (secondary N) is 1. The Balaban J connectivity index is 1.54. The summed E-state index contributed by atoms with van der Waals surface area (Å²) in [6.07, 6.45) is 1.18. The minimum atomic E-state index is -4.15. The number of amides is 1. The van der Waals surface area contributed by atoms with Gasteiger partial charge in [-0.25, -0.2) is 13.4 Å². The SMILES string of the molecule is COc1ccc(S(=O)(=O)Nc2ccc(Br)cc2C(=O)N=CC(Cc2ccc(-c3ccccc3)cc2)C(=O)O)cc1OC. The van der Waals surface area contributed by atoms with Gasteiger partial charge in [-0.05, 0) is 53.4 Å². The number of methoxy groups -OCH3 is 2. The number of benzene rings is 4. The summed E-state index contributed by atoms with van der Waals surface area (Å²) >= 11 is 3.29. The van der Waals surface area contributed by atoms with E-state index in [1.165, 1.54) is 44.6 Å². The molecule has 0 aliphatic rings. The summed E-state index contributed by atoms with van der Waals surface area (Å²) in [5.74, 6) is -2.48. The van der Waals surface area contributed by atoms with Crippen LogP contribution in [0.4, 0.5) is 5.69 Å². The number of hydrogen-bond acceptors (Lipinski definition) is 6. The van der Waals surface area contributed by atoms with Gasteiger partial charge in [-0.2, -0.15) is 0 Å². The molecule has 0 bridgehead atoms. The van der Waals surface area contributed by atoms with Crippen LogP contribution in [0.2, 0.25) is 0 Å². The Kier molecular flexibility index (Phi) is 9.76. The van der Waals surface area contributed by atoms with E-state index in [-0.39, 0.29) is 28.3 Å². The molecule has 1 atom stereocenters. The first-order valence-corrected chi connectivity index (χ1v) is 14.9. The van der Waals surface area contributed by atoms with Crippen LogP contribution in [0.5, 0.6) is 11.5 Å². The van der Waals surface area contributed by atoms with Gasteiger partial charge in [0.05, 0.1) is 36.3 Å². The minimum absolute atomic E-state index is 0.0292. The zero-order valence-corrected chi connectivity index (χ0v) is 25.1. The predicted molar refractivity (Wildman–Crippen MR) is 164 cm³/mol. The molecular formula is C31H27BrN2O7S. The van der Waals surface area contributed by atoms with E-state index < -0.39 is 27.8 Å². The number of carboxylic acids is 1. The molecule has 0 radical (unpaired) electrons. The van der Waals surface area contributed by atoms with Crippen molar-refractivity contribution in [3.05, 3.63) is 107 Å². The minimum Gasteiger partial charge on any atom is -0.493 e. The number of aliphatic carboxylic acids is 1. The number of carbonyl (C=O) groups is 2. The van der Waals surface area contributed by atoms with Crippen molar-refractivity contribution in [2.75, 3.05) is 18.9 Å². The van der Waals surface area contributed by atoms with Crippen molar-refractivity contribution in [1.29, 1.82) is 0 Å². The summed E-state index contributed by atoms with van der Waals surface area (Å²) in [6, 6.07) is 25.7. The molecule has 2 N–H and O–H groups in total. The molecule has 1 unspecified atom stereocenters. The van der Waals surface area contributed by atoms with Crippen LogP contribution in [0.3, 0.4) is 0 Å². The van der Waals surface area contributed by atoms with E-state index in [2.05, 4.69) is 25.6 Å². The predicted octanol–water partition coefficient (Wildman–Crippen LogP) is 6.09. The Labute approximate surface area is 252 Å². The molecule has 1 amide bonds. The van der Waals surface area contributed by atoms with Crippen LogP contribution >= 0.6 is 15.9 Å². The van der Waals surface area contributed by atoms with Crippen LogP contribution < -0.4 is 14.2 Å². The lowest BCUT2D eigenvalue weighted by molar-refractivity contribution is -0.139. The van der Waals surface area contributed by atoms with Gasteiger partial charge in [-0.3, -0.25) is 14.3 Å². The molecule has 0 spiro atoms. The second-order valence-corrected chi connectivity index (χ2v) is 11.7. The summed E-state index contributed by atoms with van der Waals surface area (Å²) in [7, 11) is -1.33. The number of halogens is 1. The molecule has 0 aliphatic heterocycles. The van der Waals surface area contributed by atoms with Crippen LogP contribution in [0.25, 0.3) is 11.1 Å². The van der Waals surface area contributed by atoms with Crippen LogP contribution in [-0.4, -0.2) is 45.8 Å². The fourth-order valence-electron chi connectivity index (χ4n) is 4.12. The number of hydrogen-bond donors (Lipinski definition) is 2. The zero-order chi connectivity index (χ0) is 30.3. The third-order valence-electron chi connectivity index (χ3n) is 6.33. The molecule has 0 saturated carbocycles. The van der Waals surface area contributed by atoms with Gasteiger partial charge in [0.25, 0.3) is 15.9 Å². The first-order valence-electron chi connectivity index (χ1n) is 12.6. The van der Waals surface area contributed by atoms with Gasteiger partial charge in [-0.1, -0.05) is 70.5 Å². The Bertz CT molecular complexity index is 1720. The van der Waals surface area contributed by atoms with E-state index in [4.69, 9.17) is 9.47 Å². The maximum atomic E-state index is 13.2. The van der Waals surface area contributed by atoms with Crippen molar-refractivity contribution in [1.82, 2.24) is 0 Å². The normalized spacial score (nSPS) is 12.1. The maximum absolute atomic E-state index is 13.2. The lowest BCUT2D eigenvalue weighted by atomic mass is 9.97. The van der Waals surface area contributed by atoms with Gasteiger partial charge in [0.2, 0.25) is 0 Å². The molecule has 4 aromatic rings. The average molecular weight is 652 g/mol. The summed E-state index contributed by atoms with van der Waals surface area (Å²) in [6.45, 7) is 0. The highest BCUT2D eigenvalue weighted by Gasteiger charge is 2.22. The molecule has 0 aliphatic carbocycles. The van der Waals surface area contributed by atoms with Gasteiger partial charge in [0, 0.05) is 16.8 Å². The van der Waals surface area contributed by atoms with Crippen LogP contribution in [-0.2, 0) is 21.2 Å². The number of ether oxygens (including phenoxy) is 2. The number of nitrogens with zero attached hydrogens (tertiary/aromatic N) is 1. The third-order valence-corrected chi connectivity index (χ3v) is 8.18. The van der Waals surface area contributed by atoms with Crippen molar-refractivity contribution in [3.8, 4) is 22.6 Å². The molecule has 42 heavy (non-hydrogen) atoms. The fraction of sp³-hybridized carbons (Fsp3) is 0.129. The smallest absolute Gasteiger partial charge is 0.312 e. The highest BCUT2D eigenvalue weighted by atomic mass is 79.9. The first kappa shape index (κ1) is 30.5. The molecule has 0 saturated heterocycles. The van der Waals surface area contributed by atoms with Crippen LogP contribution in [0.1, 0.15) is 15.9 Å². The van der Waals surface area contributed by atoms with Crippen molar-refractivity contribution in [2.24, 2.45) is 10.9 Å².